The van der Waals surface area contributed by atoms with Gasteiger partial charge >= 0.3 is 0 Å². The van der Waals surface area contributed by atoms with Crippen LogP contribution in [0.5, 0.6) is 0 Å². The molecule has 0 amide bonds. The number of aliphatic hydroxyl groups excluding tert-OH is 2. The van der Waals surface area contributed by atoms with Gasteiger partial charge in [0, 0.05) is 6.54 Å². The van der Waals surface area contributed by atoms with Gasteiger partial charge in [-0.25, -0.2) is 0 Å². The van der Waals surface area contributed by atoms with Crippen molar-refractivity contribution in [2.45, 2.75) is 32.0 Å². The SMILES string of the molecule is CC(O)C(C)(CO)NCc1cc2ccccc2c2ccccc12. The second-order valence-corrected chi connectivity index (χ2v) is 6.41. The van der Waals surface area contributed by atoms with Crippen molar-refractivity contribution in [1.82, 2.24) is 5.32 Å². The smallest absolute Gasteiger partial charge is 0.0713 e. The van der Waals surface area contributed by atoms with Gasteiger partial charge in [-0.05, 0) is 47.0 Å². The summed E-state index contributed by atoms with van der Waals surface area (Å²) in [5, 5.41) is 27.7. The van der Waals surface area contributed by atoms with Crippen LogP contribution in [-0.4, -0.2) is 28.5 Å². The minimum absolute atomic E-state index is 0.115. The molecule has 0 fully saturated rings. The maximum Gasteiger partial charge on any atom is 0.0713 e. The third-order valence-corrected chi connectivity index (χ3v) is 4.79. The molecule has 2 unspecified atom stereocenters. The van der Waals surface area contributed by atoms with Crippen LogP contribution in [0.4, 0.5) is 0 Å². The van der Waals surface area contributed by atoms with E-state index in [2.05, 4.69) is 47.8 Å². The van der Waals surface area contributed by atoms with Crippen LogP contribution in [-0.2, 0) is 6.54 Å². The first-order chi connectivity index (χ1) is 11.0. The molecule has 0 aliphatic heterocycles. The monoisotopic (exact) mass is 309 g/mol. The molecule has 0 radical (unpaired) electrons. The summed E-state index contributed by atoms with van der Waals surface area (Å²) in [5.41, 5.74) is 0.451. The van der Waals surface area contributed by atoms with Crippen LogP contribution in [0.15, 0.2) is 54.6 Å². The molecule has 0 saturated carbocycles. The van der Waals surface area contributed by atoms with Crippen LogP contribution in [0.2, 0.25) is 0 Å². The van der Waals surface area contributed by atoms with Crippen molar-refractivity contribution < 1.29 is 10.2 Å². The summed E-state index contributed by atoms with van der Waals surface area (Å²) < 4.78 is 0. The highest BCUT2D eigenvalue weighted by atomic mass is 16.3. The minimum atomic E-state index is -0.716. The van der Waals surface area contributed by atoms with Crippen LogP contribution in [0.3, 0.4) is 0 Å². The Hall–Kier alpha value is -1.94. The Balaban J connectivity index is 2.06. The molecule has 120 valence electrons. The van der Waals surface area contributed by atoms with Crippen molar-refractivity contribution in [3.05, 3.63) is 60.2 Å². The van der Waals surface area contributed by atoms with Crippen LogP contribution in [0.1, 0.15) is 19.4 Å². The average Bonchev–Trinajstić information content (AvgIpc) is 2.59. The summed E-state index contributed by atoms with van der Waals surface area (Å²) in [6.45, 7) is 4.01. The summed E-state index contributed by atoms with van der Waals surface area (Å²) in [7, 11) is 0. The molecular formula is C20H23NO2. The van der Waals surface area contributed by atoms with E-state index in [0.717, 1.165) is 0 Å². The van der Waals surface area contributed by atoms with Crippen molar-refractivity contribution in [2.75, 3.05) is 6.61 Å². The third kappa shape index (κ3) is 2.95. The number of nitrogens with one attached hydrogen (secondary N) is 1. The fourth-order valence-electron chi connectivity index (χ4n) is 2.91. The zero-order chi connectivity index (χ0) is 16.4. The quantitative estimate of drug-likeness (QED) is 0.634. The molecule has 3 aromatic rings. The summed E-state index contributed by atoms with van der Waals surface area (Å²) in [6.07, 6.45) is -0.640. The van der Waals surface area contributed by atoms with Gasteiger partial charge in [-0.2, -0.15) is 0 Å². The van der Waals surface area contributed by atoms with Crippen molar-refractivity contribution in [3.63, 3.8) is 0 Å². The average molecular weight is 309 g/mol. The summed E-state index contributed by atoms with van der Waals surface area (Å²) >= 11 is 0. The van der Waals surface area contributed by atoms with Crippen molar-refractivity contribution >= 4 is 21.5 Å². The molecule has 0 aliphatic carbocycles. The number of fused-ring (bicyclic) bond motifs is 3. The molecule has 0 heterocycles. The predicted molar refractivity (Wildman–Crippen MR) is 95.5 cm³/mol. The van der Waals surface area contributed by atoms with E-state index in [1.807, 2.05) is 19.1 Å². The largest absolute Gasteiger partial charge is 0.394 e. The first-order valence-corrected chi connectivity index (χ1v) is 7.98. The van der Waals surface area contributed by atoms with Gasteiger partial charge in [0.25, 0.3) is 0 Å². The molecule has 0 bridgehead atoms. The number of hydrogen-bond donors (Lipinski definition) is 3. The van der Waals surface area contributed by atoms with Crippen molar-refractivity contribution in [1.29, 1.82) is 0 Å². The van der Waals surface area contributed by atoms with E-state index in [1.54, 1.807) is 6.92 Å². The van der Waals surface area contributed by atoms with Crippen LogP contribution in [0.25, 0.3) is 21.5 Å². The number of aliphatic hydroxyl groups is 2. The summed E-state index contributed by atoms with van der Waals surface area (Å²) in [6, 6.07) is 18.9. The highest BCUT2D eigenvalue weighted by molar-refractivity contribution is 6.08. The van der Waals surface area contributed by atoms with Gasteiger partial charge in [0.05, 0.1) is 18.2 Å². The van der Waals surface area contributed by atoms with E-state index in [1.165, 1.54) is 27.1 Å². The molecule has 0 aromatic heterocycles. The van der Waals surface area contributed by atoms with E-state index in [0.29, 0.717) is 6.54 Å². The molecule has 0 saturated heterocycles. The summed E-state index contributed by atoms with van der Waals surface area (Å²) in [5.74, 6) is 0. The minimum Gasteiger partial charge on any atom is -0.394 e. The highest BCUT2D eigenvalue weighted by Gasteiger charge is 2.28. The maximum absolute atomic E-state index is 9.91. The Morgan fingerprint density at radius 1 is 1.00 bits per heavy atom. The van der Waals surface area contributed by atoms with Crippen LogP contribution < -0.4 is 5.32 Å². The molecule has 3 aromatic carbocycles. The maximum atomic E-state index is 9.91. The lowest BCUT2D eigenvalue weighted by atomic mass is 9.94. The number of rotatable bonds is 5. The molecule has 3 N–H and O–H groups in total. The molecule has 3 rings (SSSR count). The first-order valence-electron chi connectivity index (χ1n) is 7.98. The molecule has 2 atom stereocenters. The molecule has 0 spiro atoms. The van der Waals surface area contributed by atoms with Gasteiger partial charge in [-0.1, -0.05) is 48.5 Å². The lowest BCUT2D eigenvalue weighted by Crippen LogP contribution is -2.53. The second-order valence-electron chi connectivity index (χ2n) is 6.41. The third-order valence-electron chi connectivity index (χ3n) is 4.79. The van der Waals surface area contributed by atoms with Crippen molar-refractivity contribution in [2.24, 2.45) is 0 Å². The van der Waals surface area contributed by atoms with Crippen LogP contribution in [0, 0.1) is 0 Å². The van der Waals surface area contributed by atoms with Gasteiger partial charge in [0.15, 0.2) is 0 Å². The molecule has 0 aliphatic rings. The fourth-order valence-corrected chi connectivity index (χ4v) is 2.91. The van der Waals surface area contributed by atoms with E-state index in [9.17, 15) is 10.2 Å². The van der Waals surface area contributed by atoms with E-state index >= 15 is 0 Å². The van der Waals surface area contributed by atoms with Gasteiger partial charge in [0.1, 0.15) is 0 Å². The topological polar surface area (TPSA) is 52.5 Å². The predicted octanol–water partition coefficient (Wildman–Crippen LogP) is 3.21. The zero-order valence-electron chi connectivity index (χ0n) is 13.6. The Labute approximate surface area is 136 Å². The van der Waals surface area contributed by atoms with E-state index < -0.39 is 11.6 Å². The molecule has 23 heavy (non-hydrogen) atoms. The number of benzene rings is 3. The Morgan fingerprint density at radius 2 is 1.61 bits per heavy atom. The lowest BCUT2D eigenvalue weighted by Gasteiger charge is -2.32. The molecular weight excluding hydrogens is 286 g/mol. The normalized spacial score (nSPS) is 15.7. The lowest BCUT2D eigenvalue weighted by molar-refractivity contribution is 0.0404. The highest BCUT2D eigenvalue weighted by Crippen LogP contribution is 2.29. The first kappa shape index (κ1) is 15.9. The number of hydrogen-bond acceptors (Lipinski definition) is 3. The van der Waals surface area contributed by atoms with Gasteiger partial charge < -0.3 is 15.5 Å². The zero-order valence-corrected chi connectivity index (χ0v) is 13.6. The Bertz CT molecular complexity index is 828. The Morgan fingerprint density at radius 3 is 2.26 bits per heavy atom. The van der Waals surface area contributed by atoms with Gasteiger partial charge in [0.2, 0.25) is 0 Å². The van der Waals surface area contributed by atoms with E-state index in [4.69, 9.17) is 0 Å². The van der Waals surface area contributed by atoms with Crippen molar-refractivity contribution in [3.8, 4) is 0 Å². The standard InChI is InChI=1S/C20H23NO2/c1-14(23)20(2,13-22)21-12-16-11-15-7-3-4-8-17(15)19-10-6-5-9-18(16)19/h3-11,14,21-23H,12-13H2,1-2H3. The van der Waals surface area contributed by atoms with Crippen LogP contribution >= 0.6 is 0 Å². The summed E-state index contributed by atoms with van der Waals surface area (Å²) in [4.78, 5) is 0. The Kier molecular flexibility index (Phi) is 4.35. The van der Waals surface area contributed by atoms with E-state index in [-0.39, 0.29) is 6.61 Å². The van der Waals surface area contributed by atoms with Gasteiger partial charge in [-0.15, -0.1) is 0 Å². The van der Waals surface area contributed by atoms with Gasteiger partial charge in [-0.3, -0.25) is 0 Å². The fraction of sp³-hybridized carbons (Fsp3) is 0.300. The molecule has 3 nitrogen and oxygen atoms in total. The molecule has 3 heteroatoms. The second kappa shape index (κ2) is 6.28.